The van der Waals surface area contributed by atoms with Gasteiger partial charge in [-0.05, 0) is 56.2 Å². The normalized spacial score (nSPS) is 23.4. The van der Waals surface area contributed by atoms with Gasteiger partial charge in [0.05, 0.1) is 6.10 Å². The molecule has 1 aliphatic carbocycles. The highest BCUT2D eigenvalue weighted by atomic mass is 16.3. The van der Waals surface area contributed by atoms with E-state index in [4.69, 9.17) is 0 Å². The Labute approximate surface area is 126 Å². The highest BCUT2D eigenvalue weighted by molar-refractivity contribution is 5.89. The smallest absolute Gasteiger partial charge is 0.319 e. The summed E-state index contributed by atoms with van der Waals surface area (Å²) in [4.78, 5) is 12.0. The molecule has 1 aromatic rings. The Kier molecular flexibility index (Phi) is 5.62. The van der Waals surface area contributed by atoms with Crippen molar-refractivity contribution in [3.63, 3.8) is 0 Å². The molecule has 0 saturated heterocycles. The summed E-state index contributed by atoms with van der Waals surface area (Å²) in [6.07, 6.45) is 5.27. The van der Waals surface area contributed by atoms with Crippen LogP contribution in [0.15, 0.2) is 24.3 Å². The molecule has 0 aliphatic heterocycles. The molecule has 1 atom stereocenters. The third kappa shape index (κ3) is 4.74. The minimum atomic E-state index is -0.529. The molecule has 2 amide bonds. The maximum atomic E-state index is 12.0. The molecule has 4 heteroatoms. The van der Waals surface area contributed by atoms with Gasteiger partial charge in [-0.25, -0.2) is 4.79 Å². The SMILES string of the molecule is CCC1CCC(NC(=O)Nc2cccc(C(C)O)c2)CC1. The fourth-order valence-electron chi connectivity index (χ4n) is 2.94. The van der Waals surface area contributed by atoms with E-state index in [-0.39, 0.29) is 12.1 Å². The minimum absolute atomic E-state index is 0.155. The van der Waals surface area contributed by atoms with Crippen LogP contribution in [0.25, 0.3) is 0 Å². The number of hydrogen-bond acceptors (Lipinski definition) is 2. The molecule has 21 heavy (non-hydrogen) atoms. The predicted octanol–water partition coefficient (Wildman–Crippen LogP) is 3.83. The third-order valence-electron chi connectivity index (χ3n) is 4.39. The lowest BCUT2D eigenvalue weighted by molar-refractivity contribution is 0.199. The first-order chi connectivity index (χ1) is 10.1. The van der Waals surface area contributed by atoms with Gasteiger partial charge in [-0.3, -0.25) is 0 Å². The van der Waals surface area contributed by atoms with Crippen LogP contribution in [0.3, 0.4) is 0 Å². The molecule has 116 valence electrons. The lowest BCUT2D eigenvalue weighted by atomic mass is 9.85. The van der Waals surface area contributed by atoms with Gasteiger partial charge in [0.1, 0.15) is 0 Å². The summed E-state index contributed by atoms with van der Waals surface area (Å²) < 4.78 is 0. The zero-order valence-corrected chi connectivity index (χ0v) is 12.9. The first kappa shape index (κ1) is 15.8. The van der Waals surface area contributed by atoms with Crippen molar-refractivity contribution in [1.29, 1.82) is 0 Å². The van der Waals surface area contributed by atoms with Crippen LogP contribution in [0.5, 0.6) is 0 Å². The maximum Gasteiger partial charge on any atom is 0.319 e. The van der Waals surface area contributed by atoms with E-state index in [1.807, 2.05) is 18.2 Å². The number of aliphatic hydroxyl groups is 1. The van der Waals surface area contributed by atoms with E-state index < -0.39 is 6.10 Å². The van der Waals surface area contributed by atoms with E-state index >= 15 is 0 Å². The van der Waals surface area contributed by atoms with Gasteiger partial charge < -0.3 is 15.7 Å². The zero-order chi connectivity index (χ0) is 15.2. The number of benzene rings is 1. The van der Waals surface area contributed by atoms with E-state index in [0.29, 0.717) is 5.69 Å². The summed E-state index contributed by atoms with van der Waals surface area (Å²) >= 11 is 0. The molecule has 1 aromatic carbocycles. The Morgan fingerprint density at radius 1 is 1.33 bits per heavy atom. The second-order valence-electron chi connectivity index (χ2n) is 6.03. The summed E-state index contributed by atoms with van der Waals surface area (Å²) in [6, 6.07) is 7.45. The Morgan fingerprint density at radius 3 is 2.67 bits per heavy atom. The van der Waals surface area contributed by atoms with Gasteiger partial charge in [0.25, 0.3) is 0 Å². The van der Waals surface area contributed by atoms with Gasteiger partial charge in [-0.1, -0.05) is 25.5 Å². The molecule has 3 N–H and O–H groups in total. The van der Waals surface area contributed by atoms with Gasteiger partial charge in [0.2, 0.25) is 0 Å². The van der Waals surface area contributed by atoms with Crippen LogP contribution in [0, 0.1) is 5.92 Å². The lowest BCUT2D eigenvalue weighted by Crippen LogP contribution is -2.40. The van der Waals surface area contributed by atoms with E-state index in [9.17, 15) is 9.90 Å². The Balaban J connectivity index is 1.83. The average molecular weight is 290 g/mol. The van der Waals surface area contributed by atoms with Gasteiger partial charge in [0, 0.05) is 11.7 Å². The van der Waals surface area contributed by atoms with Crippen molar-refractivity contribution in [2.24, 2.45) is 5.92 Å². The van der Waals surface area contributed by atoms with Crippen molar-refractivity contribution < 1.29 is 9.90 Å². The lowest BCUT2D eigenvalue weighted by Gasteiger charge is -2.28. The van der Waals surface area contributed by atoms with Crippen LogP contribution >= 0.6 is 0 Å². The van der Waals surface area contributed by atoms with Crippen LogP contribution in [-0.2, 0) is 0 Å². The molecule has 0 bridgehead atoms. The van der Waals surface area contributed by atoms with E-state index in [2.05, 4.69) is 17.6 Å². The van der Waals surface area contributed by atoms with Crippen LogP contribution in [0.2, 0.25) is 0 Å². The fourth-order valence-corrected chi connectivity index (χ4v) is 2.94. The molecular formula is C17H26N2O2. The second kappa shape index (κ2) is 7.46. The van der Waals surface area contributed by atoms with Crippen LogP contribution in [-0.4, -0.2) is 17.2 Å². The number of amides is 2. The Hall–Kier alpha value is -1.55. The standard InChI is InChI=1S/C17H26N2O2/c1-3-13-7-9-15(10-8-13)18-17(21)19-16-6-4-5-14(11-16)12(2)20/h4-6,11-13,15,20H,3,7-10H2,1-2H3,(H2,18,19,21). The number of carbonyl (C=O) groups excluding carboxylic acids is 1. The summed E-state index contributed by atoms with van der Waals surface area (Å²) in [5, 5.41) is 15.5. The second-order valence-corrected chi connectivity index (χ2v) is 6.03. The van der Waals surface area contributed by atoms with Gasteiger partial charge in [-0.2, -0.15) is 0 Å². The van der Waals surface area contributed by atoms with Crippen molar-refractivity contribution in [2.75, 3.05) is 5.32 Å². The quantitative estimate of drug-likeness (QED) is 0.789. The topological polar surface area (TPSA) is 61.4 Å². The Bertz CT molecular complexity index is 466. The average Bonchev–Trinajstić information content (AvgIpc) is 2.48. The van der Waals surface area contributed by atoms with E-state index in [1.165, 1.54) is 19.3 Å². The summed E-state index contributed by atoms with van der Waals surface area (Å²) in [7, 11) is 0. The Morgan fingerprint density at radius 2 is 2.05 bits per heavy atom. The first-order valence-corrected chi connectivity index (χ1v) is 7.94. The maximum absolute atomic E-state index is 12.0. The monoisotopic (exact) mass is 290 g/mol. The first-order valence-electron chi connectivity index (χ1n) is 7.94. The molecule has 0 aromatic heterocycles. The number of nitrogens with one attached hydrogen (secondary N) is 2. The van der Waals surface area contributed by atoms with Gasteiger partial charge in [-0.15, -0.1) is 0 Å². The number of anilines is 1. The molecule has 4 nitrogen and oxygen atoms in total. The zero-order valence-electron chi connectivity index (χ0n) is 12.9. The van der Waals surface area contributed by atoms with E-state index in [1.54, 1.807) is 13.0 Å². The number of aliphatic hydroxyl groups excluding tert-OH is 1. The molecular weight excluding hydrogens is 264 g/mol. The molecule has 1 fully saturated rings. The largest absolute Gasteiger partial charge is 0.389 e. The molecule has 0 radical (unpaired) electrons. The summed E-state index contributed by atoms with van der Waals surface area (Å²) in [6.45, 7) is 3.95. The molecule has 1 aliphatic rings. The van der Waals surface area contributed by atoms with Crippen LogP contribution in [0.1, 0.15) is 57.6 Å². The summed E-state index contributed by atoms with van der Waals surface area (Å²) in [5.41, 5.74) is 1.52. The van der Waals surface area contributed by atoms with Crippen LogP contribution in [0.4, 0.5) is 10.5 Å². The van der Waals surface area contributed by atoms with Crippen molar-refractivity contribution in [1.82, 2.24) is 5.32 Å². The van der Waals surface area contributed by atoms with Gasteiger partial charge in [0.15, 0.2) is 0 Å². The molecule has 0 spiro atoms. The van der Waals surface area contributed by atoms with Crippen molar-refractivity contribution in [2.45, 2.75) is 58.1 Å². The molecule has 1 saturated carbocycles. The van der Waals surface area contributed by atoms with Crippen molar-refractivity contribution in [3.8, 4) is 0 Å². The van der Waals surface area contributed by atoms with Crippen molar-refractivity contribution >= 4 is 11.7 Å². The number of rotatable bonds is 4. The minimum Gasteiger partial charge on any atom is -0.389 e. The highest BCUT2D eigenvalue weighted by Gasteiger charge is 2.21. The summed E-state index contributed by atoms with van der Waals surface area (Å²) in [5.74, 6) is 0.828. The predicted molar refractivity (Wildman–Crippen MR) is 85.3 cm³/mol. The molecule has 0 heterocycles. The molecule has 2 rings (SSSR count). The van der Waals surface area contributed by atoms with Gasteiger partial charge >= 0.3 is 6.03 Å². The third-order valence-corrected chi connectivity index (χ3v) is 4.39. The highest BCUT2D eigenvalue weighted by Crippen LogP contribution is 2.26. The van der Waals surface area contributed by atoms with E-state index in [0.717, 1.165) is 24.3 Å². The number of urea groups is 1. The number of carbonyl (C=O) groups is 1. The van der Waals surface area contributed by atoms with Crippen molar-refractivity contribution in [3.05, 3.63) is 29.8 Å². The number of hydrogen-bond donors (Lipinski definition) is 3. The van der Waals surface area contributed by atoms with Crippen LogP contribution < -0.4 is 10.6 Å². The fraction of sp³-hybridized carbons (Fsp3) is 0.588. The molecule has 1 unspecified atom stereocenters.